The molecule has 1 aromatic heterocycles. The Morgan fingerprint density at radius 3 is 2.62 bits per heavy atom. The molecule has 0 saturated heterocycles. The van der Waals surface area contributed by atoms with Gasteiger partial charge in [-0.1, -0.05) is 54.8 Å². The van der Waals surface area contributed by atoms with Gasteiger partial charge in [0.05, 0.1) is 19.8 Å². The molecule has 26 heavy (non-hydrogen) atoms. The van der Waals surface area contributed by atoms with Crippen molar-refractivity contribution in [3.63, 3.8) is 0 Å². The second kappa shape index (κ2) is 8.74. The van der Waals surface area contributed by atoms with Crippen LogP contribution in [0.25, 0.3) is 10.9 Å². The second-order valence-corrected chi connectivity index (χ2v) is 7.66. The monoisotopic (exact) mass is 415 g/mol. The molecule has 1 N–H and O–H groups in total. The minimum absolute atomic E-state index is 0.0573. The highest BCUT2D eigenvalue weighted by molar-refractivity contribution is 9.10. The van der Waals surface area contributed by atoms with E-state index in [0.717, 1.165) is 52.9 Å². The maximum Gasteiger partial charge on any atom is 0.124 e. The van der Waals surface area contributed by atoms with Gasteiger partial charge in [0.1, 0.15) is 5.75 Å². The summed E-state index contributed by atoms with van der Waals surface area (Å²) in [6, 6.07) is 14.4. The number of aliphatic hydroxyl groups is 1. The van der Waals surface area contributed by atoms with Crippen molar-refractivity contribution in [2.45, 2.75) is 39.8 Å². The largest absolute Gasteiger partial charge is 0.493 e. The van der Waals surface area contributed by atoms with Crippen molar-refractivity contribution in [3.8, 4) is 5.75 Å². The van der Waals surface area contributed by atoms with Gasteiger partial charge in [0, 0.05) is 21.7 Å². The normalized spacial score (nSPS) is 11.4. The Labute approximate surface area is 163 Å². The number of rotatable bonds is 8. The van der Waals surface area contributed by atoms with Crippen LogP contribution in [0.4, 0.5) is 0 Å². The Morgan fingerprint density at radius 2 is 1.88 bits per heavy atom. The van der Waals surface area contributed by atoms with E-state index in [1.807, 2.05) is 18.2 Å². The van der Waals surface area contributed by atoms with Gasteiger partial charge in [-0.2, -0.15) is 0 Å². The number of aromatic nitrogens is 1. The molecule has 0 amide bonds. The zero-order valence-electron chi connectivity index (χ0n) is 15.4. The lowest BCUT2D eigenvalue weighted by atomic mass is 10.1. The second-order valence-electron chi connectivity index (χ2n) is 6.74. The predicted molar refractivity (Wildman–Crippen MR) is 111 cm³/mol. The van der Waals surface area contributed by atoms with Crippen molar-refractivity contribution in [1.82, 2.24) is 4.57 Å². The number of hydrogen-bond donors (Lipinski definition) is 1. The van der Waals surface area contributed by atoms with Crippen LogP contribution >= 0.6 is 15.9 Å². The fourth-order valence-corrected chi connectivity index (χ4v) is 3.60. The lowest BCUT2D eigenvalue weighted by molar-refractivity contribution is 0.238. The minimum Gasteiger partial charge on any atom is -0.493 e. The number of fused-ring (bicyclic) bond motifs is 1. The van der Waals surface area contributed by atoms with E-state index in [2.05, 4.69) is 64.8 Å². The average molecular weight is 416 g/mol. The van der Waals surface area contributed by atoms with E-state index in [4.69, 9.17) is 4.74 Å². The molecule has 0 atom stereocenters. The summed E-state index contributed by atoms with van der Waals surface area (Å²) in [6.45, 7) is 5.97. The lowest BCUT2D eigenvalue weighted by Crippen LogP contribution is -2.11. The van der Waals surface area contributed by atoms with Crippen LogP contribution in [0.15, 0.2) is 53.1 Å². The third kappa shape index (κ3) is 4.30. The van der Waals surface area contributed by atoms with Crippen LogP contribution in [0.3, 0.4) is 0 Å². The molecule has 0 aliphatic rings. The third-order valence-electron chi connectivity index (χ3n) is 5.01. The Kier molecular flexibility index (Phi) is 6.38. The molecule has 0 saturated carbocycles. The van der Waals surface area contributed by atoms with Gasteiger partial charge in [-0.15, -0.1) is 0 Å². The lowest BCUT2D eigenvalue weighted by Gasteiger charge is -2.17. The molecule has 4 heteroatoms. The first-order valence-corrected chi connectivity index (χ1v) is 10.0. The van der Waals surface area contributed by atoms with Crippen LogP contribution in [0.2, 0.25) is 0 Å². The number of benzene rings is 2. The summed E-state index contributed by atoms with van der Waals surface area (Å²) in [5.41, 5.74) is 3.21. The van der Waals surface area contributed by atoms with Crippen LogP contribution in [0.1, 0.15) is 37.8 Å². The Balaban J connectivity index is 1.88. The van der Waals surface area contributed by atoms with E-state index in [9.17, 15) is 5.11 Å². The van der Waals surface area contributed by atoms with Gasteiger partial charge in [-0.25, -0.2) is 0 Å². The summed E-state index contributed by atoms with van der Waals surface area (Å²) in [5, 5.41) is 10.6. The van der Waals surface area contributed by atoms with Gasteiger partial charge >= 0.3 is 0 Å². The van der Waals surface area contributed by atoms with Crippen LogP contribution in [-0.4, -0.2) is 16.3 Å². The summed E-state index contributed by atoms with van der Waals surface area (Å²) in [6.07, 6.45) is 4.36. The highest BCUT2D eigenvalue weighted by Crippen LogP contribution is 2.27. The van der Waals surface area contributed by atoms with Crippen molar-refractivity contribution in [2.24, 2.45) is 5.92 Å². The highest BCUT2D eigenvalue weighted by atomic mass is 79.9. The number of aliphatic hydroxyl groups excluding tert-OH is 1. The molecule has 2 aromatic carbocycles. The zero-order chi connectivity index (χ0) is 18.5. The van der Waals surface area contributed by atoms with E-state index < -0.39 is 0 Å². The molecule has 3 aromatic rings. The zero-order valence-corrected chi connectivity index (χ0v) is 17.0. The van der Waals surface area contributed by atoms with E-state index in [1.165, 1.54) is 5.39 Å². The summed E-state index contributed by atoms with van der Waals surface area (Å²) in [7, 11) is 0. The van der Waals surface area contributed by atoms with E-state index >= 15 is 0 Å². The fraction of sp³-hybridized carbons (Fsp3) is 0.364. The summed E-state index contributed by atoms with van der Waals surface area (Å²) in [4.78, 5) is 0. The van der Waals surface area contributed by atoms with Crippen LogP contribution < -0.4 is 4.74 Å². The quantitative estimate of drug-likeness (QED) is 0.507. The average Bonchev–Trinajstić information content (AvgIpc) is 3.06. The van der Waals surface area contributed by atoms with E-state index in [0.29, 0.717) is 5.92 Å². The van der Waals surface area contributed by atoms with Gasteiger partial charge < -0.3 is 14.4 Å². The molecule has 0 spiro atoms. The molecule has 0 fully saturated rings. The third-order valence-corrected chi connectivity index (χ3v) is 5.51. The molecular formula is C22H26BrNO2. The molecule has 0 aliphatic carbocycles. The molecule has 0 unspecified atom stereocenters. The molecule has 3 rings (SSSR count). The minimum atomic E-state index is 0.0573. The molecule has 138 valence electrons. The summed E-state index contributed by atoms with van der Waals surface area (Å²) >= 11 is 3.58. The van der Waals surface area contributed by atoms with E-state index in [-0.39, 0.29) is 6.61 Å². The van der Waals surface area contributed by atoms with Crippen LogP contribution in [0, 0.1) is 5.92 Å². The fourth-order valence-electron chi connectivity index (χ4n) is 3.19. The predicted octanol–water partition coefficient (Wildman–Crippen LogP) is 5.76. The van der Waals surface area contributed by atoms with Crippen molar-refractivity contribution >= 4 is 26.8 Å². The maximum absolute atomic E-state index is 9.43. The standard InChI is InChI=1S/C22H26BrNO2/c1-3-16(4-2)15-26-22-8-7-20(23)12-19(22)13-24-10-9-18-6-5-17(14-25)11-21(18)24/h5-12,16,25H,3-4,13-15H2,1-2H3. The Hall–Kier alpha value is -1.78. The molecule has 0 radical (unpaired) electrons. The van der Waals surface area contributed by atoms with Crippen LogP contribution in [-0.2, 0) is 13.2 Å². The van der Waals surface area contributed by atoms with Gasteiger partial charge in [-0.05, 0) is 47.2 Å². The first-order chi connectivity index (χ1) is 12.6. The Morgan fingerprint density at radius 1 is 1.08 bits per heavy atom. The van der Waals surface area contributed by atoms with Gasteiger partial charge in [0.15, 0.2) is 0 Å². The first kappa shape index (κ1) is 19.0. The number of ether oxygens (including phenoxy) is 1. The molecule has 3 nitrogen and oxygen atoms in total. The maximum atomic E-state index is 9.43. The SMILES string of the molecule is CCC(CC)COc1ccc(Br)cc1Cn1ccc2ccc(CO)cc21. The van der Waals surface area contributed by atoms with Gasteiger partial charge in [-0.3, -0.25) is 0 Å². The van der Waals surface area contributed by atoms with Crippen molar-refractivity contribution in [1.29, 1.82) is 0 Å². The highest BCUT2D eigenvalue weighted by Gasteiger charge is 2.11. The van der Waals surface area contributed by atoms with Crippen molar-refractivity contribution < 1.29 is 9.84 Å². The molecule has 0 aliphatic heterocycles. The van der Waals surface area contributed by atoms with E-state index in [1.54, 1.807) is 0 Å². The topological polar surface area (TPSA) is 34.4 Å². The number of halogens is 1. The number of hydrogen-bond acceptors (Lipinski definition) is 2. The van der Waals surface area contributed by atoms with Crippen molar-refractivity contribution in [2.75, 3.05) is 6.61 Å². The molecular weight excluding hydrogens is 390 g/mol. The smallest absolute Gasteiger partial charge is 0.124 e. The van der Waals surface area contributed by atoms with Gasteiger partial charge in [0.25, 0.3) is 0 Å². The van der Waals surface area contributed by atoms with Crippen molar-refractivity contribution in [3.05, 3.63) is 64.3 Å². The summed E-state index contributed by atoms with van der Waals surface area (Å²) in [5.74, 6) is 1.53. The molecule has 1 heterocycles. The van der Waals surface area contributed by atoms with Crippen LogP contribution in [0.5, 0.6) is 5.75 Å². The summed E-state index contributed by atoms with van der Waals surface area (Å²) < 4.78 is 9.43. The molecule has 0 bridgehead atoms. The number of nitrogens with zero attached hydrogens (tertiary/aromatic N) is 1. The van der Waals surface area contributed by atoms with Gasteiger partial charge in [0.2, 0.25) is 0 Å². The first-order valence-electron chi connectivity index (χ1n) is 9.24. The Bertz CT molecular complexity index is 868.